The van der Waals surface area contributed by atoms with E-state index < -0.39 is 0 Å². The van der Waals surface area contributed by atoms with Crippen LogP contribution in [0.2, 0.25) is 0 Å². The van der Waals surface area contributed by atoms with E-state index in [1.165, 1.54) is 0 Å². The van der Waals surface area contributed by atoms with Crippen molar-refractivity contribution >= 4 is 17.7 Å². The quantitative estimate of drug-likeness (QED) is 0.699. The number of primary amides is 1. The van der Waals surface area contributed by atoms with Crippen LogP contribution >= 0.6 is 11.8 Å². The van der Waals surface area contributed by atoms with Gasteiger partial charge in [-0.3, -0.25) is 4.79 Å². The van der Waals surface area contributed by atoms with Gasteiger partial charge in [-0.25, -0.2) is 0 Å². The molecule has 1 rings (SSSR count). The first-order valence-corrected chi connectivity index (χ1v) is 6.60. The predicted molar refractivity (Wildman–Crippen MR) is 64.8 cm³/mol. The van der Waals surface area contributed by atoms with Crippen LogP contribution in [0, 0.1) is 0 Å². The fourth-order valence-corrected chi connectivity index (χ4v) is 2.70. The number of nitrogens with two attached hydrogens (primary N) is 2. The largest absolute Gasteiger partial charge is 0.370 e. The number of rotatable bonds is 5. The maximum absolute atomic E-state index is 10.7. The van der Waals surface area contributed by atoms with Crippen molar-refractivity contribution in [3.8, 4) is 0 Å². The van der Waals surface area contributed by atoms with Gasteiger partial charge in [0.25, 0.3) is 0 Å². The molecule has 0 saturated carbocycles. The van der Waals surface area contributed by atoms with Crippen molar-refractivity contribution in [1.29, 1.82) is 0 Å². The van der Waals surface area contributed by atoms with Gasteiger partial charge in [-0.1, -0.05) is 0 Å². The van der Waals surface area contributed by atoms with E-state index in [4.69, 9.17) is 11.5 Å². The molecule has 0 bridgehead atoms. The van der Waals surface area contributed by atoms with E-state index >= 15 is 0 Å². The van der Waals surface area contributed by atoms with Crippen molar-refractivity contribution in [2.75, 3.05) is 32.4 Å². The molecule has 4 N–H and O–H groups in total. The summed E-state index contributed by atoms with van der Waals surface area (Å²) in [7, 11) is 0. The third kappa shape index (κ3) is 3.66. The van der Waals surface area contributed by atoms with Crippen molar-refractivity contribution in [2.45, 2.75) is 24.0 Å². The predicted octanol–water partition coefficient (Wildman–Crippen LogP) is 0.0181. The standard InChI is InChI=1S/C10H21N3OS/c1-15-10(8-11)3-6-13(7-4-10)5-2-9(12)14/h2-8,11H2,1H3,(H2,12,14). The molecule has 0 unspecified atom stereocenters. The number of hydrogen-bond acceptors (Lipinski definition) is 4. The summed E-state index contributed by atoms with van der Waals surface area (Å²) in [6.07, 6.45) is 4.83. The SMILES string of the molecule is CSC1(CN)CCN(CCC(N)=O)CC1. The highest BCUT2D eigenvalue weighted by Gasteiger charge is 2.32. The molecule has 1 fully saturated rings. The van der Waals surface area contributed by atoms with Gasteiger partial charge in [0.15, 0.2) is 0 Å². The first kappa shape index (κ1) is 12.8. The highest BCUT2D eigenvalue weighted by Crippen LogP contribution is 2.33. The minimum atomic E-state index is -0.212. The van der Waals surface area contributed by atoms with Crippen LogP contribution in [-0.4, -0.2) is 48.0 Å². The Morgan fingerprint density at radius 1 is 1.47 bits per heavy atom. The lowest BCUT2D eigenvalue weighted by molar-refractivity contribution is -0.118. The van der Waals surface area contributed by atoms with Gasteiger partial charge in [0.2, 0.25) is 5.91 Å². The zero-order chi connectivity index (χ0) is 11.3. The van der Waals surface area contributed by atoms with Crippen molar-refractivity contribution in [3.63, 3.8) is 0 Å². The average molecular weight is 231 g/mol. The minimum Gasteiger partial charge on any atom is -0.370 e. The highest BCUT2D eigenvalue weighted by molar-refractivity contribution is 8.00. The van der Waals surface area contributed by atoms with E-state index in [0.717, 1.165) is 39.0 Å². The van der Waals surface area contributed by atoms with Crippen molar-refractivity contribution in [2.24, 2.45) is 11.5 Å². The Morgan fingerprint density at radius 3 is 2.47 bits per heavy atom. The molecule has 0 aromatic carbocycles. The number of amides is 1. The fraction of sp³-hybridized carbons (Fsp3) is 0.900. The first-order valence-electron chi connectivity index (χ1n) is 5.38. The third-order valence-electron chi connectivity index (χ3n) is 3.25. The summed E-state index contributed by atoms with van der Waals surface area (Å²) in [5.41, 5.74) is 10.9. The molecule has 88 valence electrons. The lowest BCUT2D eigenvalue weighted by Gasteiger charge is -2.39. The van der Waals surface area contributed by atoms with Gasteiger partial charge in [0, 0.05) is 24.3 Å². The number of hydrogen-bond donors (Lipinski definition) is 2. The Balaban J connectivity index is 2.31. The Morgan fingerprint density at radius 2 is 2.07 bits per heavy atom. The second-order valence-corrected chi connectivity index (χ2v) is 5.42. The van der Waals surface area contributed by atoms with E-state index in [-0.39, 0.29) is 10.7 Å². The molecule has 15 heavy (non-hydrogen) atoms. The first-order chi connectivity index (χ1) is 7.12. The van der Waals surface area contributed by atoms with Gasteiger partial charge in [0.05, 0.1) is 0 Å². The molecule has 0 radical (unpaired) electrons. The van der Waals surface area contributed by atoms with E-state index in [9.17, 15) is 4.79 Å². The molecule has 1 saturated heterocycles. The van der Waals surface area contributed by atoms with Crippen LogP contribution in [-0.2, 0) is 4.79 Å². The van der Waals surface area contributed by atoms with Crippen molar-refractivity contribution < 1.29 is 4.79 Å². The molecule has 1 heterocycles. The van der Waals surface area contributed by atoms with E-state index in [2.05, 4.69) is 11.2 Å². The third-order valence-corrected chi connectivity index (χ3v) is 4.69. The molecular weight excluding hydrogens is 210 g/mol. The molecule has 1 aliphatic heterocycles. The number of carbonyl (C=O) groups excluding carboxylic acids is 1. The maximum atomic E-state index is 10.7. The van der Waals surface area contributed by atoms with Crippen LogP contribution in [0.1, 0.15) is 19.3 Å². The Hall–Kier alpha value is -0.260. The molecule has 0 aliphatic carbocycles. The number of nitrogens with zero attached hydrogens (tertiary/aromatic N) is 1. The Bertz CT molecular complexity index is 209. The molecule has 1 aliphatic rings. The monoisotopic (exact) mass is 231 g/mol. The molecular formula is C10H21N3OS. The van der Waals surface area contributed by atoms with Gasteiger partial charge in [0.1, 0.15) is 0 Å². The zero-order valence-electron chi connectivity index (χ0n) is 9.37. The summed E-state index contributed by atoms with van der Waals surface area (Å²) in [5.74, 6) is -0.212. The van der Waals surface area contributed by atoms with Crippen LogP contribution in [0.15, 0.2) is 0 Å². The van der Waals surface area contributed by atoms with Crippen molar-refractivity contribution in [1.82, 2.24) is 4.90 Å². The number of likely N-dealkylation sites (tertiary alicyclic amines) is 1. The molecule has 0 aromatic heterocycles. The summed E-state index contributed by atoms with van der Waals surface area (Å²) in [4.78, 5) is 13.0. The van der Waals surface area contributed by atoms with E-state index in [1.54, 1.807) is 0 Å². The second-order valence-electron chi connectivity index (χ2n) is 4.15. The molecule has 4 nitrogen and oxygen atoms in total. The van der Waals surface area contributed by atoms with Gasteiger partial charge in [-0.2, -0.15) is 11.8 Å². The summed E-state index contributed by atoms with van der Waals surface area (Å²) in [6, 6.07) is 0. The van der Waals surface area contributed by atoms with Gasteiger partial charge in [-0.15, -0.1) is 0 Å². The normalized spacial score (nSPS) is 21.5. The maximum Gasteiger partial charge on any atom is 0.218 e. The molecule has 0 spiro atoms. The molecule has 0 aromatic rings. The second kappa shape index (κ2) is 5.72. The lowest BCUT2D eigenvalue weighted by atomic mass is 9.95. The molecule has 5 heteroatoms. The Kier molecular flexibility index (Phi) is 4.89. The van der Waals surface area contributed by atoms with Crippen LogP contribution in [0.4, 0.5) is 0 Å². The van der Waals surface area contributed by atoms with Gasteiger partial charge in [-0.05, 0) is 32.2 Å². The van der Waals surface area contributed by atoms with Crippen LogP contribution in [0.5, 0.6) is 0 Å². The Labute approximate surface area is 95.7 Å². The van der Waals surface area contributed by atoms with Gasteiger partial charge < -0.3 is 16.4 Å². The van der Waals surface area contributed by atoms with Crippen LogP contribution in [0.25, 0.3) is 0 Å². The lowest BCUT2D eigenvalue weighted by Crippen LogP contribution is -2.47. The smallest absolute Gasteiger partial charge is 0.218 e. The van der Waals surface area contributed by atoms with Crippen LogP contribution < -0.4 is 11.5 Å². The summed E-state index contributed by atoms with van der Waals surface area (Å²) >= 11 is 1.88. The van der Waals surface area contributed by atoms with E-state index in [1.807, 2.05) is 11.8 Å². The summed E-state index contributed by atoms with van der Waals surface area (Å²) in [5, 5.41) is 0. The number of carbonyl (C=O) groups is 1. The number of thioether (sulfide) groups is 1. The summed E-state index contributed by atoms with van der Waals surface area (Å²) in [6.45, 7) is 3.61. The highest BCUT2D eigenvalue weighted by atomic mass is 32.2. The average Bonchev–Trinajstić information content (AvgIpc) is 2.27. The van der Waals surface area contributed by atoms with E-state index in [0.29, 0.717) is 6.42 Å². The topological polar surface area (TPSA) is 72.3 Å². The van der Waals surface area contributed by atoms with Gasteiger partial charge >= 0.3 is 0 Å². The zero-order valence-corrected chi connectivity index (χ0v) is 10.2. The number of piperidine rings is 1. The van der Waals surface area contributed by atoms with Crippen LogP contribution in [0.3, 0.4) is 0 Å². The fourth-order valence-electron chi connectivity index (χ4n) is 1.94. The molecule has 1 amide bonds. The summed E-state index contributed by atoms with van der Waals surface area (Å²) < 4.78 is 0.267. The van der Waals surface area contributed by atoms with Crippen molar-refractivity contribution in [3.05, 3.63) is 0 Å². The molecule has 0 atom stereocenters. The minimum absolute atomic E-state index is 0.212.